The molecule has 0 atom stereocenters. The Hall–Kier alpha value is -2.82. The van der Waals surface area contributed by atoms with Gasteiger partial charge in [0.15, 0.2) is 0 Å². The summed E-state index contributed by atoms with van der Waals surface area (Å²) in [6.07, 6.45) is 3.33. The standard InChI is InChI=1S/C19H22N2O3/c1-2-3-7-14-24-17-12-10-16(11-13-17)20-19(23)21-18(22)15-8-5-4-6-9-15/h4-6,8-13H,2-3,7,14H2,1H3,(H2,20,21,22,23). The summed E-state index contributed by atoms with van der Waals surface area (Å²) >= 11 is 0. The number of ether oxygens (including phenoxy) is 1. The van der Waals surface area contributed by atoms with Crippen molar-refractivity contribution < 1.29 is 14.3 Å². The second-order valence-corrected chi connectivity index (χ2v) is 5.35. The monoisotopic (exact) mass is 326 g/mol. The van der Waals surface area contributed by atoms with Crippen LogP contribution in [0.4, 0.5) is 10.5 Å². The number of hydrogen-bond donors (Lipinski definition) is 2. The molecule has 0 spiro atoms. The van der Waals surface area contributed by atoms with E-state index in [-0.39, 0.29) is 0 Å². The molecule has 0 aromatic heterocycles. The molecule has 24 heavy (non-hydrogen) atoms. The van der Waals surface area contributed by atoms with E-state index < -0.39 is 11.9 Å². The largest absolute Gasteiger partial charge is 0.494 e. The third-order valence-corrected chi connectivity index (χ3v) is 3.39. The van der Waals surface area contributed by atoms with Gasteiger partial charge in [-0.05, 0) is 42.8 Å². The molecule has 0 aliphatic heterocycles. The Balaban J connectivity index is 1.80. The molecule has 0 unspecified atom stereocenters. The van der Waals surface area contributed by atoms with Gasteiger partial charge in [0, 0.05) is 11.3 Å². The van der Waals surface area contributed by atoms with Gasteiger partial charge in [-0.25, -0.2) is 4.79 Å². The van der Waals surface area contributed by atoms with Crippen molar-refractivity contribution in [3.63, 3.8) is 0 Å². The topological polar surface area (TPSA) is 67.4 Å². The zero-order chi connectivity index (χ0) is 17.2. The first-order valence-electron chi connectivity index (χ1n) is 8.09. The molecule has 5 heteroatoms. The van der Waals surface area contributed by atoms with E-state index >= 15 is 0 Å². The summed E-state index contributed by atoms with van der Waals surface area (Å²) in [7, 11) is 0. The first-order valence-corrected chi connectivity index (χ1v) is 8.09. The molecule has 0 fully saturated rings. The maximum Gasteiger partial charge on any atom is 0.326 e. The summed E-state index contributed by atoms with van der Waals surface area (Å²) in [6, 6.07) is 15.1. The average Bonchev–Trinajstić information content (AvgIpc) is 2.61. The highest BCUT2D eigenvalue weighted by Crippen LogP contribution is 2.16. The highest BCUT2D eigenvalue weighted by Gasteiger charge is 2.09. The summed E-state index contributed by atoms with van der Waals surface area (Å²) in [6.45, 7) is 2.83. The van der Waals surface area contributed by atoms with Crippen LogP contribution in [0.15, 0.2) is 54.6 Å². The van der Waals surface area contributed by atoms with Gasteiger partial charge < -0.3 is 10.1 Å². The van der Waals surface area contributed by atoms with Crippen LogP contribution in [0.3, 0.4) is 0 Å². The minimum atomic E-state index is -0.569. The normalized spacial score (nSPS) is 10.0. The molecule has 3 amide bonds. The molecule has 2 rings (SSSR count). The minimum absolute atomic E-state index is 0.434. The number of urea groups is 1. The van der Waals surface area contributed by atoms with Crippen LogP contribution in [0.25, 0.3) is 0 Å². The highest BCUT2D eigenvalue weighted by molar-refractivity contribution is 6.07. The van der Waals surface area contributed by atoms with E-state index in [4.69, 9.17) is 4.74 Å². The van der Waals surface area contributed by atoms with E-state index in [9.17, 15) is 9.59 Å². The number of unbranched alkanes of at least 4 members (excludes halogenated alkanes) is 2. The van der Waals surface area contributed by atoms with Crippen molar-refractivity contribution in [1.82, 2.24) is 5.32 Å². The third kappa shape index (κ3) is 5.76. The molecular weight excluding hydrogens is 304 g/mol. The maximum absolute atomic E-state index is 11.9. The number of nitrogens with one attached hydrogen (secondary N) is 2. The fraction of sp³-hybridized carbons (Fsp3) is 0.263. The number of benzene rings is 2. The van der Waals surface area contributed by atoms with E-state index in [2.05, 4.69) is 17.6 Å². The van der Waals surface area contributed by atoms with Gasteiger partial charge in [-0.15, -0.1) is 0 Å². The van der Waals surface area contributed by atoms with Crippen LogP contribution in [0.1, 0.15) is 36.5 Å². The van der Waals surface area contributed by atoms with Crippen LogP contribution in [0, 0.1) is 0 Å². The molecular formula is C19H22N2O3. The minimum Gasteiger partial charge on any atom is -0.494 e. The Morgan fingerprint density at radius 3 is 2.33 bits per heavy atom. The maximum atomic E-state index is 11.9. The lowest BCUT2D eigenvalue weighted by Crippen LogP contribution is -2.34. The summed E-state index contributed by atoms with van der Waals surface area (Å²) in [5.74, 6) is 0.321. The van der Waals surface area contributed by atoms with Crippen LogP contribution in [-0.4, -0.2) is 18.5 Å². The van der Waals surface area contributed by atoms with Crippen LogP contribution >= 0.6 is 0 Å². The summed E-state index contributed by atoms with van der Waals surface area (Å²) in [5, 5.41) is 4.91. The smallest absolute Gasteiger partial charge is 0.326 e. The molecule has 0 radical (unpaired) electrons. The second kappa shape index (κ2) is 9.35. The first-order chi connectivity index (χ1) is 11.7. The fourth-order valence-corrected chi connectivity index (χ4v) is 2.10. The van der Waals surface area contributed by atoms with Crippen molar-refractivity contribution in [2.24, 2.45) is 0 Å². The van der Waals surface area contributed by atoms with E-state index in [1.165, 1.54) is 0 Å². The number of hydrogen-bond acceptors (Lipinski definition) is 3. The molecule has 0 bridgehead atoms. The molecule has 2 N–H and O–H groups in total. The third-order valence-electron chi connectivity index (χ3n) is 3.39. The summed E-state index contributed by atoms with van der Waals surface area (Å²) in [5.41, 5.74) is 1.03. The number of amides is 3. The Morgan fingerprint density at radius 1 is 0.958 bits per heavy atom. The number of rotatable bonds is 7. The molecule has 0 aliphatic rings. The van der Waals surface area contributed by atoms with E-state index in [1.54, 1.807) is 48.5 Å². The van der Waals surface area contributed by atoms with Gasteiger partial charge in [0.25, 0.3) is 5.91 Å². The van der Waals surface area contributed by atoms with E-state index in [1.807, 2.05) is 6.07 Å². The van der Waals surface area contributed by atoms with Crippen LogP contribution in [0.5, 0.6) is 5.75 Å². The molecule has 5 nitrogen and oxygen atoms in total. The average molecular weight is 326 g/mol. The lowest BCUT2D eigenvalue weighted by molar-refractivity contribution is 0.0967. The van der Waals surface area contributed by atoms with Gasteiger partial charge in [0.05, 0.1) is 6.61 Å². The van der Waals surface area contributed by atoms with Crippen LogP contribution < -0.4 is 15.4 Å². The second-order valence-electron chi connectivity index (χ2n) is 5.35. The van der Waals surface area contributed by atoms with Crippen molar-refractivity contribution in [1.29, 1.82) is 0 Å². The molecule has 2 aromatic carbocycles. The van der Waals surface area contributed by atoms with Gasteiger partial charge in [0.2, 0.25) is 0 Å². The first kappa shape index (κ1) is 17.5. The number of imide groups is 1. The number of carbonyl (C=O) groups excluding carboxylic acids is 2. The molecule has 0 aliphatic carbocycles. The number of anilines is 1. The Bertz CT molecular complexity index is 654. The van der Waals surface area contributed by atoms with Crippen molar-refractivity contribution in [3.8, 4) is 5.75 Å². The quantitative estimate of drug-likeness (QED) is 0.749. The van der Waals surface area contributed by atoms with Crippen molar-refractivity contribution in [2.45, 2.75) is 26.2 Å². The SMILES string of the molecule is CCCCCOc1ccc(NC(=O)NC(=O)c2ccccc2)cc1. The molecule has 2 aromatic rings. The lowest BCUT2D eigenvalue weighted by Gasteiger charge is -2.09. The predicted octanol–water partition coefficient (Wildman–Crippen LogP) is 4.22. The van der Waals surface area contributed by atoms with Crippen LogP contribution in [-0.2, 0) is 0 Å². The fourth-order valence-electron chi connectivity index (χ4n) is 2.10. The van der Waals surface area contributed by atoms with Gasteiger partial charge in [-0.2, -0.15) is 0 Å². The zero-order valence-electron chi connectivity index (χ0n) is 13.7. The summed E-state index contributed by atoms with van der Waals surface area (Å²) in [4.78, 5) is 23.7. The van der Waals surface area contributed by atoms with Crippen molar-refractivity contribution in [3.05, 3.63) is 60.2 Å². The number of carbonyl (C=O) groups is 2. The molecule has 0 saturated heterocycles. The zero-order valence-corrected chi connectivity index (χ0v) is 13.7. The molecule has 126 valence electrons. The van der Waals surface area contributed by atoms with E-state index in [0.29, 0.717) is 17.9 Å². The Kier molecular flexibility index (Phi) is 6.83. The van der Waals surface area contributed by atoms with Crippen molar-refractivity contribution in [2.75, 3.05) is 11.9 Å². The van der Waals surface area contributed by atoms with Crippen LogP contribution in [0.2, 0.25) is 0 Å². The molecule has 0 heterocycles. The Morgan fingerprint density at radius 2 is 1.67 bits per heavy atom. The van der Waals surface area contributed by atoms with Gasteiger partial charge in [-0.1, -0.05) is 38.0 Å². The highest BCUT2D eigenvalue weighted by atomic mass is 16.5. The predicted molar refractivity (Wildman–Crippen MR) is 94.4 cm³/mol. The van der Waals surface area contributed by atoms with Gasteiger partial charge >= 0.3 is 6.03 Å². The van der Waals surface area contributed by atoms with E-state index in [0.717, 1.165) is 25.0 Å². The molecule has 0 saturated carbocycles. The van der Waals surface area contributed by atoms with Gasteiger partial charge in [-0.3, -0.25) is 10.1 Å². The summed E-state index contributed by atoms with van der Waals surface area (Å²) < 4.78 is 5.61. The lowest BCUT2D eigenvalue weighted by atomic mass is 10.2. The Labute approximate surface area is 142 Å². The van der Waals surface area contributed by atoms with Gasteiger partial charge in [0.1, 0.15) is 5.75 Å². The van der Waals surface area contributed by atoms with Crippen molar-refractivity contribution >= 4 is 17.6 Å².